The van der Waals surface area contributed by atoms with Crippen LogP contribution in [0.15, 0.2) is 84.0 Å². The Morgan fingerprint density at radius 3 is 1.93 bits per heavy atom. The van der Waals surface area contributed by atoms with Crippen molar-refractivity contribution >= 4 is 35.4 Å². The van der Waals surface area contributed by atoms with Crippen molar-refractivity contribution < 1.29 is 38.3 Å². The van der Waals surface area contributed by atoms with Gasteiger partial charge in [-0.3, -0.25) is 19.7 Å². The minimum atomic E-state index is -0.823. The first-order valence-corrected chi connectivity index (χ1v) is 13.3. The second kappa shape index (κ2) is 14.3. The van der Waals surface area contributed by atoms with Crippen LogP contribution in [0.3, 0.4) is 0 Å². The average molecular weight is 613 g/mol. The predicted molar refractivity (Wildman–Crippen MR) is 165 cm³/mol. The lowest BCUT2D eigenvalue weighted by molar-refractivity contribution is -0.384. The topological polar surface area (TPSA) is 168 Å². The van der Waals surface area contributed by atoms with Gasteiger partial charge < -0.3 is 24.3 Å². The van der Waals surface area contributed by atoms with Gasteiger partial charge in [0.1, 0.15) is 5.75 Å². The number of carbonyl (C=O) groups excluding carboxylic acids is 3. The second-order valence-corrected chi connectivity index (χ2v) is 9.38. The number of benzene rings is 4. The SMILES string of the molecule is COc1cc(C(=O)Oc2ccc([N+](=O)[O-])cc2/C=N/NC(=O)c2ccc(NC(=O)c3ccc(C)cc3)cc2)cc(OC)c1OC. The standard InChI is InChI=1S/C32H28N4O9/c1-19-5-7-20(8-6-19)30(37)34-24-11-9-21(10-12-24)31(38)35-33-18-23-15-25(36(40)41)13-14-26(23)45-32(39)22-16-27(42-2)29(44-4)28(17-22)43-3/h5-18H,1-4H3,(H,34,37)(H,35,38)/b33-18+. The number of nitrogens with zero attached hydrogens (tertiary/aromatic N) is 2. The first kappa shape index (κ1) is 31.7. The Morgan fingerprint density at radius 2 is 1.36 bits per heavy atom. The van der Waals surface area contributed by atoms with Crippen LogP contribution in [0.2, 0.25) is 0 Å². The van der Waals surface area contributed by atoms with Crippen LogP contribution in [-0.4, -0.2) is 50.3 Å². The van der Waals surface area contributed by atoms with E-state index in [1.165, 1.54) is 51.7 Å². The summed E-state index contributed by atoms with van der Waals surface area (Å²) in [4.78, 5) is 48.9. The number of carbonyl (C=O) groups is 3. The van der Waals surface area contributed by atoms with Crippen LogP contribution in [0.5, 0.6) is 23.0 Å². The highest BCUT2D eigenvalue weighted by atomic mass is 16.6. The van der Waals surface area contributed by atoms with Crippen LogP contribution in [0, 0.1) is 17.0 Å². The smallest absolute Gasteiger partial charge is 0.343 e. The van der Waals surface area contributed by atoms with Gasteiger partial charge >= 0.3 is 5.97 Å². The molecule has 0 heterocycles. The highest BCUT2D eigenvalue weighted by Crippen LogP contribution is 2.38. The van der Waals surface area contributed by atoms with E-state index in [0.29, 0.717) is 11.3 Å². The number of nitro groups is 1. The number of hydrogen-bond acceptors (Lipinski definition) is 10. The molecule has 0 radical (unpaired) electrons. The molecule has 230 valence electrons. The van der Waals surface area contributed by atoms with Crippen molar-refractivity contribution in [2.24, 2.45) is 5.10 Å². The number of methoxy groups -OCH3 is 3. The molecular weight excluding hydrogens is 584 g/mol. The molecule has 4 aromatic rings. The molecule has 0 unspecified atom stereocenters. The minimum absolute atomic E-state index is 0.0412. The normalized spacial score (nSPS) is 10.6. The van der Waals surface area contributed by atoms with E-state index in [1.807, 2.05) is 19.1 Å². The molecule has 0 saturated carbocycles. The average Bonchev–Trinajstić information content (AvgIpc) is 3.05. The van der Waals surface area contributed by atoms with E-state index in [2.05, 4.69) is 15.8 Å². The molecule has 0 spiro atoms. The lowest BCUT2D eigenvalue weighted by Gasteiger charge is -2.14. The Labute approximate surface area is 257 Å². The van der Waals surface area contributed by atoms with E-state index in [1.54, 1.807) is 24.3 Å². The number of esters is 1. The zero-order valence-corrected chi connectivity index (χ0v) is 24.7. The third kappa shape index (κ3) is 7.78. The summed E-state index contributed by atoms with van der Waals surface area (Å²) in [6.07, 6.45) is 1.11. The fourth-order valence-corrected chi connectivity index (χ4v) is 4.04. The third-order valence-electron chi connectivity index (χ3n) is 6.40. The van der Waals surface area contributed by atoms with Crippen LogP contribution in [0.25, 0.3) is 0 Å². The highest BCUT2D eigenvalue weighted by Gasteiger charge is 2.20. The van der Waals surface area contributed by atoms with E-state index in [9.17, 15) is 24.5 Å². The Morgan fingerprint density at radius 1 is 0.756 bits per heavy atom. The number of non-ortho nitro benzene ring substituents is 1. The fourth-order valence-electron chi connectivity index (χ4n) is 4.04. The van der Waals surface area contributed by atoms with Crippen LogP contribution in [-0.2, 0) is 0 Å². The van der Waals surface area contributed by atoms with Gasteiger partial charge in [-0.2, -0.15) is 5.10 Å². The summed E-state index contributed by atoms with van der Waals surface area (Å²) in [7, 11) is 4.21. The van der Waals surface area contributed by atoms with E-state index < -0.39 is 16.8 Å². The molecule has 13 nitrogen and oxygen atoms in total. The summed E-state index contributed by atoms with van der Waals surface area (Å²) in [6.45, 7) is 1.92. The number of ether oxygens (including phenoxy) is 4. The lowest BCUT2D eigenvalue weighted by Crippen LogP contribution is -2.18. The van der Waals surface area contributed by atoms with Crippen molar-refractivity contribution in [2.75, 3.05) is 26.6 Å². The third-order valence-corrected chi connectivity index (χ3v) is 6.40. The number of hydrazone groups is 1. The van der Waals surface area contributed by atoms with Gasteiger partial charge in [0.15, 0.2) is 11.5 Å². The second-order valence-electron chi connectivity index (χ2n) is 9.38. The summed E-state index contributed by atoms with van der Waals surface area (Å²) in [5.74, 6) is -1.06. The molecule has 0 aliphatic carbocycles. The molecule has 0 fully saturated rings. The number of nitrogens with one attached hydrogen (secondary N) is 2. The largest absolute Gasteiger partial charge is 0.493 e. The molecule has 4 rings (SSSR count). The Balaban J connectivity index is 1.47. The van der Waals surface area contributed by atoms with Crippen LogP contribution in [0.4, 0.5) is 11.4 Å². The molecule has 2 N–H and O–H groups in total. The van der Waals surface area contributed by atoms with E-state index in [4.69, 9.17) is 18.9 Å². The molecule has 13 heteroatoms. The maximum absolute atomic E-state index is 13.0. The molecule has 0 atom stereocenters. The van der Waals surface area contributed by atoms with Gasteiger partial charge in [-0.05, 0) is 61.5 Å². The van der Waals surface area contributed by atoms with Crippen molar-refractivity contribution in [2.45, 2.75) is 6.92 Å². The van der Waals surface area contributed by atoms with E-state index in [-0.39, 0.29) is 51.3 Å². The van der Waals surface area contributed by atoms with E-state index in [0.717, 1.165) is 23.9 Å². The minimum Gasteiger partial charge on any atom is -0.493 e. The maximum atomic E-state index is 13.0. The van der Waals surface area contributed by atoms with Crippen LogP contribution < -0.4 is 29.7 Å². The number of anilines is 1. The van der Waals surface area contributed by atoms with Gasteiger partial charge in [0.25, 0.3) is 17.5 Å². The molecule has 2 amide bonds. The van der Waals surface area contributed by atoms with Crippen LogP contribution >= 0.6 is 0 Å². The van der Waals surface area contributed by atoms with Gasteiger partial charge in [0.05, 0.1) is 38.0 Å². The van der Waals surface area contributed by atoms with Gasteiger partial charge in [0, 0.05) is 34.5 Å². The first-order valence-electron chi connectivity index (χ1n) is 13.3. The fraction of sp³-hybridized carbons (Fsp3) is 0.125. The summed E-state index contributed by atoms with van der Waals surface area (Å²) in [5, 5.41) is 18.0. The Bertz CT molecular complexity index is 1740. The summed E-state index contributed by atoms with van der Waals surface area (Å²) in [5.41, 5.74) is 4.36. The van der Waals surface area contributed by atoms with Gasteiger partial charge in [-0.1, -0.05) is 17.7 Å². The summed E-state index contributed by atoms with van der Waals surface area (Å²) in [6, 6.07) is 19.5. The molecular formula is C32H28N4O9. The van der Waals surface area contributed by atoms with Crippen molar-refractivity contribution in [1.82, 2.24) is 5.43 Å². The van der Waals surface area contributed by atoms with Crippen molar-refractivity contribution in [3.8, 4) is 23.0 Å². The molecule has 0 aromatic heterocycles. The Hall–Kier alpha value is -6.24. The number of amides is 2. The van der Waals surface area contributed by atoms with Crippen molar-refractivity contribution in [3.63, 3.8) is 0 Å². The number of aryl methyl sites for hydroxylation is 1. The quantitative estimate of drug-likeness (QED) is 0.0764. The van der Waals surface area contributed by atoms with Crippen molar-refractivity contribution in [1.29, 1.82) is 0 Å². The molecule has 45 heavy (non-hydrogen) atoms. The summed E-state index contributed by atoms with van der Waals surface area (Å²) < 4.78 is 21.3. The molecule has 4 aromatic carbocycles. The maximum Gasteiger partial charge on any atom is 0.343 e. The monoisotopic (exact) mass is 612 g/mol. The predicted octanol–water partition coefficient (Wildman–Crippen LogP) is 5.16. The Kier molecular flexibility index (Phi) is 10.1. The van der Waals surface area contributed by atoms with Crippen LogP contribution in [0.1, 0.15) is 42.2 Å². The molecule has 0 aliphatic heterocycles. The molecule has 0 saturated heterocycles. The van der Waals surface area contributed by atoms with Gasteiger partial charge in [-0.25, -0.2) is 10.2 Å². The zero-order chi connectivity index (χ0) is 32.5. The number of rotatable bonds is 11. The molecule has 0 aliphatic rings. The number of nitro benzene ring substituents is 1. The lowest BCUT2D eigenvalue weighted by atomic mass is 10.1. The zero-order valence-electron chi connectivity index (χ0n) is 24.7. The van der Waals surface area contributed by atoms with Gasteiger partial charge in [0.2, 0.25) is 5.75 Å². The first-order chi connectivity index (χ1) is 21.6. The van der Waals surface area contributed by atoms with Gasteiger partial charge in [-0.15, -0.1) is 0 Å². The van der Waals surface area contributed by atoms with E-state index >= 15 is 0 Å². The number of hydrogen-bond donors (Lipinski definition) is 2. The van der Waals surface area contributed by atoms with Crippen molar-refractivity contribution in [3.05, 3.63) is 117 Å². The highest BCUT2D eigenvalue weighted by molar-refractivity contribution is 6.04. The molecule has 0 bridgehead atoms. The summed E-state index contributed by atoms with van der Waals surface area (Å²) >= 11 is 0.